The van der Waals surface area contributed by atoms with Gasteiger partial charge in [-0.05, 0) is 0 Å². The van der Waals surface area contributed by atoms with Crippen molar-refractivity contribution in [3.63, 3.8) is 0 Å². The summed E-state index contributed by atoms with van der Waals surface area (Å²) in [5.41, 5.74) is 0.225. The Morgan fingerprint density at radius 1 is 1.58 bits per heavy atom. The SMILES string of the molecule is CNC(=O)c1c[nH]c(C(C)=O)n1. The van der Waals surface area contributed by atoms with E-state index in [-0.39, 0.29) is 23.2 Å². The van der Waals surface area contributed by atoms with Crippen LogP contribution in [0.4, 0.5) is 0 Å². The van der Waals surface area contributed by atoms with Gasteiger partial charge in [0.15, 0.2) is 11.6 Å². The molecule has 1 rings (SSSR count). The molecule has 0 fully saturated rings. The van der Waals surface area contributed by atoms with Gasteiger partial charge in [-0.1, -0.05) is 0 Å². The number of Topliss-reactive ketones (excluding diaryl/α,β-unsaturated/α-hetero) is 1. The third-order valence-corrected chi connectivity index (χ3v) is 1.37. The molecule has 0 aliphatic heterocycles. The molecule has 1 aromatic rings. The lowest BCUT2D eigenvalue weighted by Crippen LogP contribution is -2.18. The number of nitrogens with zero attached hydrogens (tertiary/aromatic N) is 1. The van der Waals surface area contributed by atoms with Crippen molar-refractivity contribution in [1.29, 1.82) is 0 Å². The average molecular weight is 167 g/mol. The fraction of sp³-hybridized carbons (Fsp3) is 0.286. The summed E-state index contributed by atoms with van der Waals surface area (Å²) in [5, 5.41) is 2.40. The fourth-order valence-electron chi connectivity index (χ4n) is 0.746. The van der Waals surface area contributed by atoms with Crippen LogP contribution in [0.15, 0.2) is 6.20 Å². The molecule has 12 heavy (non-hydrogen) atoms. The Bertz CT molecular complexity index is 316. The molecule has 0 spiro atoms. The molecule has 0 unspecified atom stereocenters. The summed E-state index contributed by atoms with van der Waals surface area (Å²) in [6.07, 6.45) is 1.40. The van der Waals surface area contributed by atoms with Crippen LogP contribution in [0.25, 0.3) is 0 Å². The summed E-state index contributed by atoms with van der Waals surface area (Å²) < 4.78 is 0. The minimum Gasteiger partial charge on any atom is -0.354 e. The molecule has 0 saturated carbocycles. The molecule has 5 nitrogen and oxygen atoms in total. The van der Waals surface area contributed by atoms with Gasteiger partial charge in [0.25, 0.3) is 5.91 Å². The van der Waals surface area contributed by atoms with Crippen LogP contribution in [-0.4, -0.2) is 28.7 Å². The standard InChI is InChI=1S/C7H9N3O2/c1-4(11)6-9-3-5(10-6)7(12)8-2/h3H,1-2H3,(H,8,12)(H,9,10). The number of amides is 1. The van der Waals surface area contributed by atoms with Crippen molar-refractivity contribution >= 4 is 11.7 Å². The van der Waals surface area contributed by atoms with Gasteiger partial charge in [0.05, 0.1) is 0 Å². The first-order valence-electron chi connectivity index (χ1n) is 3.43. The third-order valence-electron chi connectivity index (χ3n) is 1.37. The van der Waals surface area contributed by atoms with E-state index in [1.54, 1.807) is 0 Å². The molecule has 2 N–H and O–H groups in total. The van der Waals surface area contributed by atoms with Crippen LogP contribution < -0.4 is 5.32 Å². The van der Waals surface area contributed by atoms with Crippen molar-refractivity contribution in [2.24, 2.45) is 0 Å². The van der Waals surface area contributed by atoms with Gasteiger partial charge in [0, 0.05) is 20.2 Å². The zero-order valence-corrected chi connectivity index (χ0v) is 6.84. The van der Waals surface area contributed by atoms with E-state index in [4.69, 9.17) is 0 Å². The van der Waals surface area contributed by atoms with Crippen LogP contribution in [0.3, 0.4) is 0 Å². The van der Waals surface area contributed by atoms with Crippen molar-refractivity contribution in [1.82, 2.24) is 15.3 Å². The number of imidazole rings is 1. The van der Waals surface area contributed by atoms with Crippen molar-refractivity contribution < 1.29 is 9.59 Å². The van der Waals surface area contributed by atoms with Crippen LogP contribution in [0.2, 0.25) is 0 Å². The molecule has 1 heterocycles. The predicted octanol–water partition coefficient (Wildman–Crippen LogP) is -0.0281. The van der Waals surface area contributed by atoms with Gasteiger partial charge in [-0.15, -0.1) is 0 Å². The van der Waals surface area contributed by atoms with E-state index in [1.165, 1.54) is 20.2 Å². The summed E-state index contributed by atoms with van der Waals surface area (Å²) in [5.74, 6) is -0.294. The molecule has 0 aliphatic rings. The maximum atomic E-state index is 10.9. The Morgan fingerprint density at radius 3 is 2.67 bits per heavy atom. The van der Waals surface area contributed by atoms with Gasteiger partial charge < -0.3 is 10.3 Å². The van der Waals surface area contributed by atoms with Gasteiger partial charge in [-0.3, -0.25) is 9.59 Å². The number of hydrogen-bond donors (Lipinski definition) is 2. The number of aromatic amines is 1. The molecule has 64 valence electrons. The summed E-state index contributed by atoms with van der Waals surface area (Å²) in [6, 6.07) is 0. The number of H-pyrrole nitrogens is 1. The van der Waals surface area contributed by atoms with Crippen LogP contribution in [-0.2, 0) is 0 Å². The van der Waals surface area contributed by atoms with Crippen molar-refractivity contribution in [2.45, 2.75) is 6.92 Å². The maximum Gasteiger partial charge on any atom is 0.271 e. The molecule has 0 saturated heterocycles. The molecular weight excluding hydrogens is 158 g/mol. The van der Waals surface area contributed by atoms with Gasteiger partial charge >= 0.3 is 0 Å². The number of carbonyl (C=O) groups excluding carboxylic acids is 2. The quantitative estimate of drug-likeness (QED) is 0.607. The van der Waals surface area contributed by atoms with Gasteiger partial charge in [-0.25, -0.2) is 4.98 Å². The van der Waals surface area contributed by atoms with Crippen LogP contribution >= 0.6 is 0 Å². The van der Waals surface area contributed by atoms with Crippen LogP contribution in [0, 0.1) is 0 Å². The minimum absolute atomic E-state index is 0.190. The first-order chi connectivity index (χ1) is 5.65. The molecule has 0 bridgehead atoms. The summed E-state index contributed by atoms with van der Waals surface area (Å²) in [4.78, 5) is 28.1. The molecule has 1 amide bonds. The van der Waals surface area contributed by atoms with E-state index >= 15 is 0 Å². The highest BCUT2D eigenvalue weighted by atomic mass is 16.2. The zero-order chi connectivity index (χ0) is 9.14. The first-order valence-corrected chi connectivity index (χ1v) is 3.43. The zero-order valence-electron chi connectivity index (χ0n) is 6.84. The van der Waals surface area contributed by atoms with Crippen LogP contribution in [0.5, 0.6) is 0 Å². The molecule has 5 heteroatoms. The summed E-state index contributed by atoms with van der Waals surface area (Å²) in [7, 11) is 1.50. The first kappa shape index (κ1) is 8.45. The monoisotopic (exact) mass is 167 g/mol. The van der Waals surface area contributed by atoms with Crippen molar-refractivity contribution in [3.8, 4) is 0 Å². The second-order valence-electron chi connectivity index (χ2n) is 2.27. The number of hydrogen-bond acceptors (Lipinski definition) is 3. The Morgan fingerprint density at radius 2 is 2.25 bits per heavy atom. The van der Waals surface area contributed by atoms with E-state index < -0.39 is 0 Å². The summed E-state index contributed by atoms with van der Waals surface area (Å²) in [6.45, 7) is 1.38. The van der Waals surface area contributed by atoms with Gasteiger partial charge in [0.2, 0.25) is 0 Å². The Labute approximate surface area is 69.2 Å². The largest absolute Gasteiger partial charge is 0.354 e. The number of aromatic nitrogens is 2. The second-order valence-corrected chi connectivity index (χ2v) is 2.27. The smallest absolute Gasteiger partial charge is 0.271 e. The molecule has 0 aliphatic carbocycles. The van der Waals surface area contributed by atoms with Crippen molar-refractivity contribution in [3.05, 3.63) is 17.7 Å². The Hall–Kier alpha value is -1.65. The number of ketones is 1. The lowest BCUT2D eigenvalue weighted by atomic mass is 10.4. The molecule has 0 aromatic carbocycles. The summed E-state index contributed by atoms with van der Waals surface area (Å²) >= 11 is 0. The molecule has 0 atom stereocenters. The van der Waals surface area contributed by atoms with E-state index in [2.05, 4.69) is 15.3 Å². The normalized spacial score (nSPS) is 9.50. The van der Waals surface area contributed by atoms with E-state index in [9.17, 15) is 9.59 Å². The Balaban J connectivity index is 2.91. The number of rotatable bonds is 2. The highest BCUT2D eigenvalue weighted by Gasteiger charge is 2.09. The lowest BCUT2D eigenvalue weighted by Gasteiger charge is -1.90. The number of nitrogens with one attached hydrogen (secondary N) is 2. The highest BCUT2D eigenvalue weighted by molar-refractivity contribution is 5.95. The number of carbonyl (C=O) groups is 2. The minimum atomic E-state index is -0.307. The van der Waals surface area contributed by atoms with Gasteiger partial charge in [0.1, 0.15) is 5.69 Å². The van der Waals surface area contributed by atoms with Crippen molar-refractivity contribution in [2.75, 3.05) is 7.05 Å². The third kappa shape index (κ3) is 1.50. The highest BCUT2D eigenvalue weighted by Crippen LogP contribution is 1.96. The fourth-order valence-corrected chi connectivity index (χ4v) is 0.746. The van der Waals surface area contributed by atoms with Crippen LogP contribution in [0.1, 0.15) is 28.0 Å². The maximum absolute atomic E-state index is 10.9. The van der Waals surface area contributed by atoms with E-state index in [1.807, 2.05) is 0 Å². The van der Waals surface area contributed by atoms with E-state index in [0.29, 0.717) is 0 Å². The molecule has 1 aromatic heterocycles. The predicted molar refractivity (Wildman–Crippen MR) is 42.0 cm³/mol. The van der Waals surface area contributed by atoms with Gasteiger partial charge in [-0.2, -0.15) is 0 Å². The molecular formula is C7H9N3O2. The average Bonchev–Trinajstić information content (AvgIpc) is 2.51. The molecule has 0 radical (unpaired) electrons. The topological polar surface area (TPSA) is 74.8 Å². The second kappa shape index (κ2) is 3.17. The lowest BCUT2D eigenvalue weighted by molar-refractivity contribution is 0.0958. The Kier molecular flexibility index (Phi) is 2.23. The van der Waals surface area contributed by atoms with E-state index in [0.717, 1.165) is 0 Å².